The van der Waals surface area contributed by atoms with Gasteiger partial charge in [0.25, 0.3) is 0 Å². The molecule has 1 heteroatoms. The van der Waals surface area contributed by atoms with E-state index in [1.807, 2.05) is 0 Å². The van der Waals surface area contributed by atoms with Gasteiger partial charge in [-0.05, 0) is 30.4 Å². The van der Waals surface area contributed by atoms with Crippen LogP contribution < -0.4 is 0 Å². The Bertz CT molecular complexity index is 246. The van der Waals surface area contributed by atoms with Crippen molar-refractivity contribution < 1.29 is 4.79 Å². The van der Waals surface area contributed by atoms with Gasteiger partial charge in [-0.25, -0.2) is 0 Å². The normalized spacial score (nSPS) is 23.8. The summed E-state index contributed by atoms with van der Waals surface area (Å²) in [6.45, 7) is 0. The number of hydrogen-bond donors (Lipinski definition) is 0. The number of rotatable bonds is 0. The monoisotopic (exact) mass is 148 g/mol. The topological polar surface area (TPSA) is 17.1 Å². The van der Waals surface area contributed by atoms with Crippen LogP contribution in [-0.4, -0.2) is 5.78 Å². The second-order valence-electron chi connectivity index (χ2n) is 3.25. The lowest BCUT2D eigenvalue weighted by atomic mass is 9.85. The van der Waals surface area contributed by atoms with Gasteiger partial charge in [0.2, 0.25) is 0 Å². The average Bonchev–Trinajstić information content (AvgIpc) is 2.04. The summed E-state index contributed by atoms with van der Waals surface area (Å²) in [6.07, 6.45) is 9.28. The summed E-state index contributed by atoms with van der Waals surface area (Å²) in [7, 11) is 0. The zero-order valence-electron chi connectivity index (χ0n) is 6.60. The molecular formula is C10H12O. The molecule has 0 amide bonds. The first kappa shape index (κ1) is 6.84. The van der Waals surface area contributed by atoms with E-state index in [0.29, 0.717) is 12.2 Å². The number of carbonyl (C=O) groups excluding carboxylic acids is 1. The summed E-state index contributed by atoms with van der Waals surface area (Å²) < 4.78 is 0. The van der Waals surface area contributed by atoms with E-state index in [1.165, 1.54) is 17.6 Å². The standard InChI is InChI=1S/C10H12O/c11-10-6-5-8-3-1-2-4-9(8)7-10/h3-4H,1-2,5-7H2. The van der Waals surface area contributed by atoms with Crippen molar-refractivity contribution in [2.24, 2.45) is 0 Å². The Morgan fingerprint density at radius 3 is 2.55 bits per heavy atom. The van der Waals surface area contributed by atoms with Crippen LogP contribution in [0.5, 0.6) is 0 Å². The molecule has 0 unspecified atom stereocenters. The zero-order valence-corrected chi connectivity index (χ0v) is 6.60. The van der Waals surface area contributed by atoms with Crippen molar-refractivity contribution in [2.45, 2.75) is 32.1 Å². The second kappa shape index (κ2) is 2.65. The van der Waals surface area contributed by atoms with Gasteiger partial charge < -0.3 is 0 Å². The van der Waals surface area contributed by atoms with Gasteiger partial charge in [0.1, 0.15) is 5.78 Å². The Labute approximate surface area is 66.8 Å². The molecule has 0 aromatic rings. The highest BCUT2D eigenvalue weighted by atomic mass is 16.1. The van der Waals surface area contributed by atoms with Crippen LogP contribution in [0.3, 0.4) is 0 Å². The molecule has 0 aromatic heterocycles. The SMILES string of the molecule is O=C1CCC2=CCCC=C2C1. The molecule has 1 saturated carbocycles. The molecule has 0 saturated heterocycles. The van der Waals surface area contributed by atoms with Crippen molar-refractivity contribution in [2.75, 3.05) is 0 Å². The van der Waals surface area contributed by atoms with Gasteiger partial charge in [-0.3, -0.25) is 4.79 Å². The Balaban J connectivity index is 2.22. The third kappa shape index (κ3) is 1.28. The first-order valence-corrected chi connectivity index (χ1v) is 4.26. The van der Waals surface area contributed by atoms with E-state index in [0.717, 1.165) is 19.3 Å². The lowest BCUT2D eigenvalue weighted by Gasteiger charge is -2.20. The highest BCUT2D eigenvalue weighted by molar-refractivity contribution is 5.84. The number of Topliss-reactive ketones (excluding diaryl/α,β-unsaturated/α-hetero) is 1. The number of allylic oxidation sites excluding steroid dienone is 4. The van der Waals surface area contributed by atoms with E-state index in [2.05, 4.69) is 12.2 Å². The quantitative estimate of drug-likeness (QED) is 0.515. The van der Waals surface area contributed by atoms with E-state index in [9.17, 15) is 4.79 Å². The summed E-state index contributed by atoms with van der Waals surface area (Å²) in [5.41, 5.74) is 2.75. The Morgan fingerprint density at radius 2 is 1.73 bits per heavy atom. The number of hydrogen-bond acceptors (Lipinski definition) is 1. The van der Waals surface area contributed by atoms with Gasteiger partial charge in [-0.2, -0.15) is 0 Å². The van der Waals surface area contributed by atoms with E-state index >= 15 is 0 Å². The molecule has 58 valence electrons. The third-order valence-corrected chi connectivity index (χ3v) is 2.42. The smallest absolute Gasteiger partial charge is 0.137 e. The Kier molecular flexibility index (Phi) is 1.65. The summed E-state index contributed by atoms with van der Waals surface area (Å²) in [4.78, 5) is 11.0. The van der Waals surface area contributed by atoms with Crippen LogP contribution in [-0.2, 0) is 4.79 Å². The van der Waals surface area contributed by atoms with Crippen LogP contribution in [0.2, 0.25) is 0 Å². The van der Waals surface area contributed by atoms with Gasteiger partial charge in [0, 0.05) is 12.8 Å². The van der Waals surface area contributed by atoms with Crippen LogP contribution >= 0.6 is 0 Å². The van der Waals surface area contributed by atoms with Crippen molar-refractivity contribution in [3.8, 4) is 0 Å². The van der Waals surface area contributed by atoms with Crippen LogP contribution in [0.4, 0.5) is 0 Å². The average molecular weight is 148 g/mol. The molecular weight excluding hydrogens is 136 g/mol. The van der Waals surface area contributed by atoms with Gasteiger partial charge in [0.05, 0.1) is 0 Å². The first-order chi connectivity index (χ1) is 5.36. The summed E-state index contributed by atoms with van der Waals surface area (Å²) >= 11 is 0. The predicted molar refractivity (Wildman–Crippen MR) is 44.3 cm³/mol. The summed E-state index contributed by atoms with van der Waals surface area (Å²) in [6, 6.07) is 0. The Morgan fingerprint density at radius 1 is 1.00 bits per heavy atom. The molecule has 0 atom stereocenters. The Hall–Kier alpha value is -0.850. The van der Waals surface area contributed by atoms with E-state index < -0.39 is 0 Å². The minimum absolute atomic E-state index is 0.412. The maximum absolute atomic E-state index is 11.0. The first-order valence-electron chi connectivity index (χ1n) is 4.26. The van der Waals surface area contributed by atoms with E-state index in [1.54, 1.807) is 0 Å². The van der Waals surface area contributed by atoms with Crippen LogP contribution in [0, 0.1) is 0 Å². The van der Waals surface area contributed by atoms with Gasteiger partial charge in [-0.1, -0.05) is 12.2 Å². The maximum atomic E-state index is 11.0. The number of ketones is 1. The van der Waals surface area contributed by atoms with Gasteiger partial charge in [-0.15, -0.1) is 0 Å². The molecule has 0 aromatic carbocycles. The zero-order chi connectivity index (χ0) is 7.68. The number of fused-ring (bicyclic) bond motifs is 1. The fraction of sp³-hybridized carbons (Fsp3) is 0.500. The molecule has 0 spiro atoms. The van der Waals surface area contributed by atoms with Crippen molar-refractivity contribution in [1.82, 2.24) is 0 Å². The molecule has 0 radical (unpaired) electrons. The lowest BCUT2D eigenvalue weighted by Crippen LogP contribution is -2.10. The molecule has 2 aliphatic carbocycles. The lowest BCUT2D eigenvalue weighted by molar-refractivity contribution is -0.118. The minimum atomic E-state index is 0.412. The molecule has 2 aliphatic rings. The van der Waals surface area contributed by atoms with E-state index in [4.69, 9.17) is 0 Å². The minimum Gasteiger partial charge on any atom is -0.299 e. The van der Waals surface area contributed by atoms with Gasteiger partial charge in [0.15, 0.2) is 0 Å². The van der Waals surface area contributed by atoms with Crippen LogP contribution in [0.1, 0.15) is 32.1 Å². The molecule has 11 heavy (non-hydrogen) atoms. The highest BCUT2D eigenvalue weighted by Crippen LogP contribution is 2.30. The molecule has 1 nitrogen and oxygen atoms in total. The molecule has 0 N–H and O–H groups in total. The van der Waals surface area contributed by atoms with Crippen molar-refractivity contribution in [3.63, 3.8) is 0 Å². The fourth-order valence-corrected chi connectivity index (χ4v) is 1.80. The molecule has 0 bridgehead atoms. The summed E-state index contributed by atoms with van der Waals surface area (Å²) in [5.74, 6) is 0.412. The van der Waals surface area contributed by atoms with Crippen molar-refractivity contribution in [3.05, 3.63) is 23.3 Å². The number of carbonyl (C=O) groups is 1. The van der Waals surface area contributed by atoms with Crippen molar-refractivity contribution in [1.29, 1.82) is 0 Å². The largest absolute Gasteiger partial charge is 0.299 e. The van der Waals surface area contributed by atoms with E-state index in [-0.39, 0.29) is 0 Å². The van der Waals surface area contributed by atoms with Crippen molar-refractivity contribution >= 4 is 5.78 Å². The fourth-order valence-electron chi connectivity index (χ4n) is 1.80. The molecule has 0 heterocycles. The molecule has 0 aliphatic heterocycles. The van der Waals surface area contributed by atoms with Gasteiger partial charge >= 0.3 is 0 Å². The maximum Gasteiger partial charge on any atom is 0.137 e. The second-order valence-corrected chi connectivity index (χ2v) is 3.25. The summed E-state index contributed by atoms with van der Waals surface area (Å²) in [5, 5.41) is 0. The predicted octanol–water partition coefficient (Wildman–Crippen LogP) is 2.39. The highest BCUT2D eigenvalue weighted by Gasteiger charge is 2.18. The molecule has 1 fully saturated rings. The van der Waals surface area contributed by atoms with Crippen LogP contribution in [0.15, 0.2) is 23.3 Å². The third-order valence-electron chi connectivity index (χ3n) is 2.42. The molecule has 2 rings (SSSR count). The van der Waals surface area contributed by atoms with Crippen LogP contribution in [0.25, 0.3) is 0 Å².